The first-order valence-corrected chi connectivity index (χ1v) is 5.24. The molecule has 1 rings (SSSR count). The van der Waals surface area contributed by atoms with Crippen molar-refractivity contribution in [2.75, 3.05) is 0 Å². The second kappa shape index (κ2) is 3.83. The van der Waals surface area contributed by atoms with E-state index in [-0.39, 0.29) is 0 Å². The Balaban J connectivity index is 3.55. The molecule has 0 bridgehead atoms. The van der Waals surface area contributed by atoms with E-state index in [0.29, 0.717) is 6.07 Å². The summed E-state index contributed by atoms with van der Waals surface area (Å²) in [6.45, 7) is 0. The van der Waals surface area contributed by atoms with Crippen molar-refractivity contribution < 1.29 is 18.3 Å². The van der Waals surface area contributed by atoms with Gasteiger partial charge in [-0.05, 0) is 6.07 Å². The third kappa shape index (κ3) is 2.29. The normalized spacial score (nSPS) is 11.1. The Kier molecular flexibility index (Phi) is 2.87. The first-order valence-electron chi connectivity index (χ1n) is 3.69. The summed E-state index contributed by atoms with van der Waals surface area (Å²) in [6.07, 6.45) is 0. The molecule has 0 aromatic heterocycles. The second-order valence-electron chi connectivity index (χ2n) is 2.71. The van der Waals surface area contributed by atoms with Gasteiger partial charge in [0.05, 0.1) is 15.9 Å². The molecular weight excluding hydrogens is 243 g/mol. The van der Waals surface area contributed by atoms with Gasteiger partial charge in [-0.2, -0.15) is 0 Å². The summed E-state index contributed by atoms with van der Waals surface area (Å²) in [7, 11) is -4.29. The van der Waals surface area contributed by atoms with Crippen LogP contribution in [0, 0.1) is 20.2 Å². The van der Waals surface area contributed by atoms with Gasteiger partial charge in [0.2, 0.25) is 10.0 Å². The van der Waals surface area contributed by atoms with Crippen LogP contribution in [-0.4, -0.2) is 18.3 Å². The van der Waals surface area contributed by atoms with Gasteiger partial charge in [0.25, 0.3) is 11.4 Å². The smallest absolute Gasteiger partial charge is 0.258 e. The fourth-order valence-corrected chi connectivity index (χ4v) is 1.69. The number of nitro benzene ring substituents is 2. The molecule has 10 heteroatoms. The maximum Gasteiger partial charge on any atom is 0.296 e. The minimum atomic E-state index is -4.29. The van der Waals surface area contributed by atoms with Crippen LogP contribution in [0.1, 0.15) is 0 Å². The number of hydrogen-bond acceptors (Lipinski definition) is 6. The highest BCUT2D eigenvalue weighted by molar-refractivity contribution is 7.89. The molecular formula is C6H5N3O6S. The van der Waals surface area contributed by atoms with E-state index in [1.165, 1.54) is 0 Å². The molecule has 0 spiro atoms. The molecule has 0 saturated carbocycles. The molecule has 16 heavy (non-hydrogen) atoms. The Morgan fingerprint density at radius 3 is 2.06 bits per heavy atom. The molecule has 2 N–H and O–H groups in total. The van der Waals surface area contributed by atoms with E-state index in [9.17, 15) is 28.6 Å². The molecule has 0 aliphatic rings. The van der Waals surface area contributed by atoms with Crippen molar-refractivity contribution in [3.8, 4) is 0 Å². The summed E-state index contributed by atoms with van der Waals surface area (Å²) in [5.41, 5.74) is -1.50. The zero-order valence-electron chi connectivity index (χ0n) is 7.56. The van der Waals surface area contributed by atoms with Gasteiger partial charge in [-0.25, -0.2) is 13.6 Å². The Bertz CT molecular complexity index is 566. The minimum Gasteiger partial charge on any atom is -0.258 e. The topological polar surface area (TPSA) is 146 Å². The number of nitrogens with zero attached hydrogens (tertiary/aromatic N) is 2. The standard InChI is InChI=1S/C6H5N3O6S/c7-16(14,15)6-2-1-4(8(10)11)3-5(6)9(12)13/h1-3H,(H2,7,14,15)/i7+1. The highest BCUT2D eigenvalue weighted by atomic mass is 32.2. The molecule has 1 aromatic rings. The number of non-ortho nitro benzene ring substituents is 1. The Morgan fingerprint density at radius 1 is 1.12 bits per heavy atom. The van der Waals surface area contributed by atoms with E-state index in [4.69, 9.17) is 5.14 Å². The van der Waals surface area contributed by atoms with E-state index in [0.717, 1.165) is 12.1 Å². The van der Waals surface area contributed by atoms with Crippen LogP contribution >= 0.6 is 0 Å². The van der Waals surface area contributed by atoms with Crippen molar-refractivity contribution in [1.29, 1.82) is 0 Å². The molecule has 0 amide bonds. The summed E-state index contributed by atoms with van der Waals surface area (Å²) in [4.78, 5) is 18.2. The molecule has 0 unspecified atom stereocenters. The number of nitrogens with two attached hydrogens (primary N) is 1. The molecule has 0 atom stereocenters. The second-order valence-corrected chi connectivity index (χ2v) is 4.24. The predicted octanol–water partition coefficient (Wildman–Crippen LogP) is 0.150. The summed E-state index contributed by atoms with van der Waals surface area (Å²) in [6, 6.07) is 2.10. The lowest BCUT2D eigenvalue weighted by Crippen LogP contribution is -2.14. The summed E-state index contributed by atoms with van der Waals surface area (Å²) in [5, 5.41) is 25.6. The van der Waals surface area contributed by atoms with Gasteiger partial charge < -0.3 is 0 Å². The average Bonchev–Trinajstić information content (AvgIpc) is 2.15. The lowest BCUT2D eigenvalue weighted by molar-refractivity contribution is -0.396. The molecule has 86 valence electrons. The van der Waals surface area contributed by atoms with Crippen LogP contribution in [0.15, 0.2) is 23.1 Å². The van der Waals surface area contributed by atoms with E-state index in [1.54, 1.807) is 0 Å². The fourth-order valence-electron chi connectivity index (χ4n) is 1.00. The highest BCUT2D eigenvalue weighted by Crippen LogP contribution is 2.27. The third-order valence-corrected chi connectivity index (χ3v) is 2.61. The van der Waals surface area contributed by atoms with Gasteiger partial charge >= 0.3 is 0 Å². The van der Waals surface area contributed by atoms with Gasteiger partial charge in [0.15, 0.2) is 4.90 Å². The van der Waals surface area contributed by atoms with Crippen molar-refractivity contribution >= 4 is 21.4 Å². The molecule has 0 aliphatic heterocycles. The highest BCUT2D eigenvalue weighted by Gasteiger charge is 2.25. The molecule has 9 nitrogen and oxygen atoms in total. The predicted molar refractivity (Wildman–Crippen MR) is 51.1 cm³/mol. The van der Waals surface area contributed by atoms with E-state index >= 15 is 0 Å². The SMILES string of the molecule is [15NH2]S(=O)(=O)c1ccc([N+](=O)[O-])cc1[N+](=O)[O-]. The van der Waals surface area contributed by atoms with Gasteiger partial charge in [0.1, 0.15) is 0 Å². The quantitative estimate of drug-likeness (QED) is 0.457. The van der Waals surface area contributed by atoms with Crippen LogP contribution in [0.25, 0.3) is 0 Å². The number of hydrogen-bond donors (Lipinski definition) is 1. The number of sulfonamides is 1. The molecule has 1 aromatic carbocycles. The van der Waals surface area contributed by atoms with Gasteiger partial charge in [-0.15, -0.1) is 0 Å². The zero-order chi connectivity index (χ0) is 12.5. The molecule has 0 radical (unpaired) electrons. The Morgan fingerprint density at radius 2 is 1.69 bits per heavy atom. The first kappa shape index (κ1) is 12.0. The molecule has 0 saturated heterocycles. The average molecular weight is 248 g/mol. The summed E-state index contributed by atoms with van der Waals surface area (Å²) < 4.78 is 21.9. The maximum absolute atomic E-state index is 10.9. The van der Waals surface area contributed by atoms with Crippen molar-refractivity contribution in [3.05, 3.63) is 38.4 Å². The van der Waals surface area contributed by atoms with Crippen LogP contribution in [0.5, 0.6) is 0 Å². The number of nitro groups is 2. The lowest BCUT2D eigenvalue weighted by Gasteiger charge is -1.99. The van der Waals surface area contributed by atoms with Crippen LogP contribution in [0.4, 0.5) is 11.4 Å². The summed E-state index contributed by atoms with van der Waals surface area (Å²) in [5.74, 6) is 0. The van der Waals surface area contributed by atoms with E-state index in [1.807, 2.05) is 0 Å². The van der Waals surface area contributed by atoms with Crippen molar-refractivity contribution in [2.24, 2.45) is 5.14 Å². The zero-order valence-corrected chi connectivity index (χ0v) is 8.38. The number of rotatable bonds is 3. The van der Waals surface area contributed by atoms with Crippen molar-refractivity contribution in [3.63, 3.8) is 0 Å². The van der Waals surface area contributed by atoms with Crippen molar-refractivity contribution in [1.82, 2.24) is 0 Å². The third-order valence-electron chi connectivity index (χ3n) is 1.66. The van der Waals surface area contributed by atoms with Gasteiger partial charge in [-0.1, -0.05) is 0 Å². The van der Waals surface area contributed by atoms with Crippen LogP contribution in [-0.2, 0) is 10.0 Å². The number of benzene rings is 1. The van der Waals surface area contributed by atoms with Crippen LogP contribution < -0.4 is 5.14 Å². The lowest BCUT2D eigenvalue weighted by atomic mass is 10.3. The largest absolute Gasteiger partial charge is 0.296 e. The summed E-state index contributed by atoms with van der Waals surface area (Å²) >= 11 is 0. The van der Waals surface area contributed by atoms with E-state index < -0.39 is 36.1 Å². The molecule has 0 fully saturated rings. The molecule has 0 aliphatic carbocycles. The first-order chi connectivity index (χ1) is 7.23. The maximum atomic E-state index is 10.9. The van der Waals surface area contributed by atoms with Gasteiger partial charge in [0, 0.05) is 6.07 Å². The van der Waals surface area contributed by atoms with E-state index in [2.05, 4.69) is 0 Å². The van der Waals surface area contributed by atoms with Crippen LogP contribution in [0.3, 0.4) is 0 Å². The van der Waals surface area contributed by atoms with Crippen LogP contribution in [0.2, 0.25) is 0 Å². The minimum absolute atomic E-state index is 0.541. The Hall–Kier alpha value is -2.07. The fraction of sp³-hybridized carbons (Fsp3) is 0. The van der Waals surface area contributed by atoms with Gasteiger partial charge in [-0.3, -0.25) is 20.2 Å². The monoisotopic (exact) mass is 248 g/mol. The molecule has 0 heterocycles. The Labute approximate surface area is 88.8 Å². The van der Waals surface area contributed by atoms with Crippen molar-refractivity contribution in [2.45, 2.75) is 4.90 Å². The number of primary sulfonamides is 1.